The number of cyclic esters (lactones) is 3. The van der Waals surface area contributed by atoms with Gasteiger partial charge in [-0.25, -0.2) is 14.4 Å². The second kappa shape index (κ2) is 27.1. The van der Waals surface area contributed by atoms with Crippen molar-refractivity contribution >= 4 is 59.4 Å². The zero-order chi connectivity index (χ0) is 59.2. The highest BCUT2D eigenvalue weighted by Gasteiger charge is 2.60. The minimum absolute atomic E-state index is 0.0130. The fraction of sp³-hybridized carbons (Fsp3) is 0.683. The maximum atomic E-state index is 14.6. The summed E-state index contributed by atoms with van der Waals surface area (Å²) in [5.74, 6) is -1.94. The van der Waals surface area contributed by atoms with E-state index in [1.54, 1.807) is 27.7 Å². The van der Waals surface area contributed by atoms with E-state index in [2.05, 4.69) is 16.0 Å². The van der Waals surface area contributed by atoms with Gasteiger partial charge in [0.2, 0.25) is 5.91 Å². The van der Waals surface area contributed by atoms with E-state index in [-0.39, 0.29) is 144 Å². The van der Waals surface area contributed by atoms with Crippen LogP contribution in [0.1, 0.15) is 119 Å². The Hall–Kier alpha value is -6.44. The molecule has 20 heteroatoms. The molecule has 9 aliphatic rings. The van der Waals surface area contributed by atoms with Crippen LogP contribution in [0.25, 0.3) is 0 Å². The third-order valence-electron chi connectivity index (χ3n) is 20.2. The van der Waals surface area contributed by atoms with Crippen LogP contribution < -0.4 is 20.9 Å². The second-order valence-electron chi connectivity index (χ2n) is 24.7. The van der Waals surface area contributed by atoms with Gasteiger partial charge in [0.05, 0.1) is 43.5 Å². The number of aliphatic hydroxyl groups is 1. The molecule has 0 aromatic heterocycles. The predicted octanol–water partition coefficient (Wildman–Crippen LogP) is 8.59. The van der Waals surface area contributed by atoms with Crippen LogP contribution in [-0.2, 0) is 52.4 Å². The molecular weight excluding hydrogens is 1070 g/mol. The highest BCUT2D eigenvalue weighted by Crippen LogP contribution is 2.56. The molecule has 0 spiro atoms. The van der Waals surface area contributed by atoms with Gasteiger partial charge in [-0.1, -0.05) is 36.4 Å². The molecule has 2 aromatic carbocycles. The summed E-state index contributed by atoms with van der Waals surface area (Å²) in [5.41, 5.74) is 1.62. The third kappa shape index (κ3) is 13.3. The molecule has 0 bridgehead atoms. The van der Waals surface area contributed by atoms with Crippen LogP contribution in [0.3, 0.4) is 0 Å². The number of alkyl carbamates (subject to hydrolysis) is 3. The molecule has 11 rings (SSSR count). The van der Waals surface area contributed by atoms with Crippen molar-refractivity contribution in [3.8, 4) is 0 Å². The molecule has 0 radical (unpaired) electrons. The summed E-state index contributed by atoms with van der Waals surface area (Å²) in [6.45, 7) is 12.1. The number of hydrogen-bond acceptors (Lipinski definition) is 15. The fourth-order valence-corrected chi connectivity index (χ4v) is 17.1. The Bertz CT molecular complexity index is 2590. The number of benzene rings is 2. The predicted molar refractivity (Wildman–Crippen MR) is 301 cm³/mol. The van der Waals surface area contributed by atoms with Crippen LogP contribution in [0.4, 0.5) is 25.8 Å². The molecule has 83 heavy (non-hydrogen) atoms. The number of nitrogens with one attached hydrogen (secondary N) is 3. The van der Waals surface area contributed by atoms with Crippen molar-refractivity contribution in [2.24, 2.45) is 88.8 Å². The Morgan fingerprint density at radius 3 is 1.24 bits per heavy atom. The van der Waals surface area contributed by atoms with Gasteiger partial charge in [0.15, 0.2) is 0 Å². The van der Waals surface area contributed by atoms with Crippen molar-refractivity contribution in [3.63, 3.8) is 0 Å². The van der Waals surface area contributed by atoms with E-state index in [9.17, 15) is 48.6 Å². The van der Waals surface area contributed by atoms with E-state index in [1.165, 1.54) is 0 Å². The van der Waals surface area contributed by atoms with E-state index < -0.39 is 24.1 Å². The summed E-state index contributed by atoms with van der Waals surface area (Å²) in [6.07, 6.45) is 7.44. The molecule has 9 fully saturated rings. The first-order chi connectivity index (χ1) is 39.9. The van der Waals surface area contributed by atoms with Crippen LogP contribution in [0.15, 0.2) is 60.7 Å². The standard InChI is InChI=1S/C29H34N2O5.C17H25NO6.C17H27NO5/c1-3-35-29(34)30-20-14-15-23-19(16-20)17-24-25(18(2)36-28(24)33)26(23)27(32)31(21-10-6-4-7-11-21)22-12-8-5-9-13-22;1-3-23-17(22)18-10-4-5-11-9(6-10)7-12-13(14(11)15(19)20)8(2)24-16(12)21;1-3-22-17(21)18-11-4-5-12-10(6-11)7-13-15(14(12)8-19)9(2)23-16(13)20/h4-13,18-20,23-26H,3,14-17H2,1-2H3,(H,30,34);8-14H,3-7H2,1-2H3,(H,18,22)(H,19,20);9-15,19H,3-8H2,1-2H3,(H,18,21)/t18-,19+,20-,23-,24-,25-,26+;8-,9+,10-,11-,12-,13-,14+;9-,10+,11-,12-,13-,14+,15-/m000/s1. The van der Waals surface area contributed by atoms with Crippen LogP contribution in [-0.4, -0.2) is 121 Å². The van der Waals surface area contributed by atoms with Crippen molar-refractivity contribution in [2.75, 3.05) is 31.3 Å². The number of para-hydroxylation sites is 2. The van der Waals surface area contributed by atoms with Crippen molar-refractivity contribution in [3.05, 3.63) is 60.7 Å². The van der Waals surface area contributed by atoms with Crippen LogP contribution in [0.5, 0.6) is 0 Å². The van der Waals surface area contributed by atoms with Gasteiger partial charge in [0, 0.05) is 59.8 Å². The lowest BCUT2D eigenvalue weighted by Gasteiger charge is -2.48. The number of anilines is 2. The number of carbonyl (C=O) groups is 8. The summed E-state index contributed by atoms with van der Waals surface area (Å²) in [6, 6.07) is 19.4. The molecule has 3 aliphatic heterocycles. The fourth-order valence-electron chi connectivity index (χ4n) is 17.1. The lowest BCUT2D eigenvalue weighted by Crippen LogP contribution is -2.53. The number of aliphatic hydroxyl groups excluding tert-OH is 1. The van der Waals surface area contributed by atoms with Gasteiger partial charge >= 0.3 is 42.2 Å². The Morgan fingerprint density at radius 1 is 0.506 bits per heavy atom. The normalized spacial score (nSPS) is 37.0. The summed E-state index contributed by atoms with van der Waals surface area (Å²) in [5, 5.41) is 28.4. The molecular formula is C63H86N4O16. The summed E-state index contributed by atoms with van der Waals surface area (Å²) < 4.78 is 31.4. The summed E-state index contributed by atoms with van der Waals surface area (Å²) in [7, 11) is 0. The van der Waals surface area contributed by atoms with Crippen molar-refractivity contribution in [1.29, 1.82) is 0 Å². The minimum Gasteiger partial charge on any atom is -0.481 e. The minimum atomic E-state index is -0.832. The summed E-state index contributed by atoms with van der Waals surface area (Å²) in [4.78, 5) is 101. The second-order valence-corrected chi connectivity index (χ2v) is 24.7. The smallest absolute Gasteiger partial charge is 0.407 e. The zero-order valence-electron chi connectivity index (χ0n) is 48.8. The average Bonchev–Trinajstić information content (AvgIpc) is 3.21. The molecule has 2 aromatic rings. The molecule has 20 nitrogen and oxygen atoms in total. The molecule has 21 atom stereocenters. The Kier molecular flexibility index (Phi) is 19.9. The van der Waals surface area contributed by atoms with Gasteiger partial charge in [0.1, 0.15) is 18.3 Å². The highest BCUT2D eigenvalue weighted by molar-refractivity contribution is 6.02. The van der Waals surface area contributed by atoms with Gasteiger partial charge in [-0.15, -0.1) is 0 Å². The highest BCUT2D eigenvalue weighted by atomic mass is 16.6. The third-order valence-corrected chi connectivity index (χ3v) is 20.2. The number of nitrogens with zero attached hydrogens (tertiary/aromatic N) is 1. The van der Waals surface area contributed by atoms with Crippen molar-refractivity contribution in [1.82, 2.24) is 16.0 Å². The zero-order valence-corrected chi connectivity index (χ0v) is 48.8. The maximum Gasteiger partial charge on any atom is 0.407 e. The van der Waals surface area contributed by atoms with Gasteiger partial charge in [-0.2, -0.15) is 0 Å². The number of aliphatic carboxylic acids is 1. The Morgan fingerprint density at radius 2 is 0.855 bits per heavy atom. The largest absolute Gasteiger partial charge is 0.481 e. The number of ether oxygens (including phenoxy) is 6. The maximum absolute atomic E-state index is 14.6. The number of hydrogen-bond donors (Lipinski definition) is 5. The van der Waals surface area contributed by atoms with Crippen LogP contribution in [0, 0.1) is 88.8 Å². The monoisotopic (exact) mass is 1150 g/mol. The van der Waals surface area contributed by atoms with Crippen molar-refractivity contribution in [2.45, 2.75) is 155 Å². The van der Waals surface area contributed by atoms with Crippen LogP contribution >= 0.6 is 0 Å². The molecule has 0 unspecified atom stereocenters. The number of fused-ring (bicyclic) bond motifs is 6. The molecule has 5 N–H and O–H groups in total. The first-order valence-electron chi connectivity index (χ1n) is 30.6. The quantitative estimate of drug-likeness (QED) is 0.104. The van der Waals surface area contributed by atoms with Gasteiger partial charge in [-0.05, 0) is 184 Å². The molecule has 6 saturated carbocycles. The van der Waals surface area contributed by atoms with E-state index in [0.29, 0.717) is 50.9 Å². The number of esters is 3. The lowest BCUT2D eigenvalue weighted by atomic mass is 9.56. The number of carboxylic acids is 1. The van der Waals surface area contributed by atoms with E-state index in [4.69, 9.17) is 28.4 Å². The molecule has 3 saturated heterocycles. The molecule has 6 aliphatic carbocycles. The van der Waals surface area contributed by atoms with Gasteiger partial charge < -0.3 is 54.6 Å². The number of amides is 4. The summed E-state index contributed by atoms with van der Waals surface area (Å²) >= 11 is 0. The Labute approximate surface area is 486 Å². The van der Waals surface area contributed by atoms with E-state index >= 15 is 0 Å². The molecule has 4 amide bonds. The SMILES string of the molecule is CCOC(=O)N[C@H]1CC[C@H]2[C@H](C1)C[C@@H]1C(=O)O[C@@H](C)[C@@H]1[C@@H]2C(=O)N(c1ccccc1)c1ccccc1.CCOC(=O)N[C@H]1CC[C@H]2[C@H](C1)C[C@@H]1C(=O)O[C@@H](C)[C@@H]1[C@@H]2C(=O)O.CCOC(=O)N[C@H]1CC[C@H]2[C@H](C1)C[C@@H]1C(=O)O[C@@H](C)[C@@H]1[C@@H]2CO. The Balaban J connectivity index is 0.000000155. The number of carboxylic acid groups (broad SMARTS) is 1. The lowest BCUT2D eigenvalue weighted by molar-refractivity contribution is -0.153. The number of carbonyl (C=O) groups excluding carboxylic acids is 7. The molecule has 454 valence electrons. The number of rotatable bonds is 11. The molecule has 3 heterocycles. The van der Waals surface area contributed by atoms with Crippen molar-refractivity contribution < 1.29 is 77.0 Å². The van der Waals surface area contributed by atoms with Gasteiger partial charge in [0.25, 0.3) is 0 Å². The first kappa shape index (κ1) is 61.1. The first-order valence-corrected chi connectivity index (χ1v) is 30.6. The van der Waals surface area contributed by atoms with E-state index in [0.717, 1.165) is 69.2 Å². The average molecular weight is 1160 g/mol. The van der Waals surface area contributed by atoms with E-state index in [1.807, 2.05) is 79.4 Å². The van der Waals surface area contributed by atoms with Gasteiger partial charge in [-0.3, -0.25) is 28.9 Å². The van der Waals surface area contributed by atoms with Crippen LogP contribution in [0.2, 0.25) is 0 Å². The topological polar surface area (TPSA) is 272 Å².